The lowest BCUT2D eigenvalue weighted by molar-refractivity contribution is 0.177. The molecule has 2 rings (SSSR count). The highest BCUT2D eigenvalue weighted by molar-refractivity contribution is 9.11. The van der Waals surface area contributed by atoms with E-state index in [1.165, 1.54) is 41.8 Å². The van der Waals surface area contributed by atoms with Gasteiger partial charge in [0.15, 0.2) is 0 Å². The fourth-order valence-corrected chi connectivity index (χ4v) is 3.52. The first-order chi connectivity index (χ1) is 7.78. The molecule has 0 amide bonds. The summed E-state index contributed by atoms with van der Waals surface area (Å²) in [7, 11) is 2.05. The summed E-state index contributed by atoms with van der Waals surface area (Å²) in [5, 5.41) is 5.54. The van der Waals surface area contributed by atoms with Crippen LogP contribution in [0.4, 0.5) is 0 Å². The molecule has 2 heterocycles. The van der Waals surface area contributed by atoms with Gasteiger partial charge in [0.1, 0.15) is 0 Å². The minimum atomic E-state index is 0.885. The molecular formula is C12H19BrN2S. The molecule has 0 atom stereocenters. The highest BCUT2D eigenvalue weighted by atomic mass is 79.9. The molecule has 1 N–H and O–H groups in total. The Hall–Kier alpha value is 0.100. The van der Waals surface area contributed by atoms with Crippen molar-refractivity contribution in [3.8, 4) is 0 Å². The average molecular weight is 303 g/mol. The zero-order chi connectivity index (χ0) is 11.4. The first-order valence-corrected chi connectivity index (χ1v) is 7.55. The topological polar surface area (TPSA) is 15.3 Å². The number of halogens is 1. The molecule has 0 aliphatic carbocycles. The lowest BCUT2D eigenvalue weighted by Crippen LogP contribution is -2.36. The van der Waals surface area contributed by atoms with Crippen molar-refractivity contribution >= 4 is 27.3 Å². The molecule has 4 heteroatoms. The predicted octanol–water partition coefficient (Wildman–Crippen LogP) is 2.94. The smallest absolute Gasteiger partial charge is 0.0701 e. The molecule has 0 spiro atoms. The van der Waals surface area contributed by atoms with Gasteiger partial charge in [-0.15, -0.1) is 11.3 Å². The van der Waals surface area contributed by atoms with Gasteiger partial charge in [0.25, 0.3) is 0 Å². The van der Waals surface area contributed by atoms with Crippen LogP contribution in [0.1, 0.15) is 18.4 Å². The van der Waals surface area contributed by atoms with E-state index < -0.39 is 0 Å². The number of piperidine rings is 1. The molecule has 16 heavy (non-hydrogen) atoms. The van der Waals surface area contributed by atoms with Crippen molar-refractivity contribution in [2.24, 2.45) is 5.92 Å². The summed E-state index contributed by atoms with van der Waals surface area (Å²) in [5.74, 6) is 0.885. The van der Waals surface area contributed by atoms with Gasteiger partial charge in [-0.1, -0.05) is 0 Å². The predicted molar refractivity (Wildman–Crippen MR) is 73.9 cm³/mol. The average Bonchev–Trinajstić information content (AvgIpc) is 2.67. The van der Waals surface area contributed by atoms with Gasteiger partial charge < -0.3 is 5.32 Å². The Morgan fingerprint density at radius 2 is 2.25 bits per heavy atom. The molecule has 90 valence electrons. The molecule has 1 aromatic heterocycles. The zero-order valence-corrected chi connectivity index (χ0v) is 12.1. The lowest BCUT2D eigenvalue weighted by Gasteiger charge is -2.31. The number of nitrogens with zero attached hydrogens (tertiary/aromatic N) is 1. The van der Waals surface area contributed by atoms with Crippen LogP contribution >= 0.6 is 27.3 Å². The molecule has 0 saturated carbocycles. The van der Waals surface area contributed by atoms with Gasteiger partial charge in [0, 0.05) is 6.54 Å². The number of rotatable bonds is 4. The SMILES string of the molecule is CNCC1CCN(Cc2csc(Br)c2)CC1. The quantitative estimate of drug-likeness (QED) is 0.920. The fraction of sp³-hybridized carbons (Fsp3) is 0.667. The summed E-state index contributed by atoms with van der Waals surface area (Å²) in [6, 6.07) is 2.24. The van der Waals surface area contributed by atoms with Crippen molar-refractivity contribution in [3.05, 3.63) is 20.8 Å². The van der Waals surface area contributed by atoms with E-state index in [-0.39, 0.29) is 0 Å². The first kappa shape index (κ1) is 12.6. The molecule has 1 saturated heterocycles. The summed E-state index contributed by atoms with van der Waals surface area (Å²) in [4.78, 5) is 2.57. The number of thiophene rings is 1. The summed E-state index contributed by atoms with van der Waals surface area (Å²) >= 11 is 5.30. The molecule has 2 nitrogen and oxygen atoms in total. The summed E-state index contributed by atoms with van der Waals surface area (Å²) in [6.07, 6.45) is 2.68. The van der Waals surface area contributed by atoms with Gasteiger partial charge in [-0.2, -0.15) is 0 Å². The van der Waals surface area contributed by atoms with Crippen LogP contribution < -0.4 is 5.32 Å². The van der Waals surface area contributed by atoms with Crippen LogP contribution in [-0.2, 0) is 6.54 Å². The normalized spacial score (nSPS) is 19.1. The van der Waals surface area contributed by atoms with Crippen molar-refractivity contribution in [2.75, 3.05) is 26.7 Å². The highest BCUT2D eigenvalue weighted by Crippen LogP contribution is 2.23. The Balaban J connectivity index is 1.77. The maximum atomic E-state index is 3.52. The molecular weight excluding hydrogens is 284 g/mol. The second kappa shape index (κ2) is 6.15. The largest absolute Gasteiger partial charge is 0.319 e. The summed E-state index contributed by atoms with van der Waals surface area (Å²) in [6.45, 7) is 4.80. The van der Waals surface area contributed by atoms with Gasteiger partial charge >= 0.3 is 0 Å². The number of hydrogen-bond acceptors (Lipinski definition) is 3. The first-order valence-electron chi connectivity index (χ1n) is 5.88. The van der Waals surface area contributed by atoms with Gasteiger partial charge in [0.2, 0.25) is 0 Å². The van der Waals surface area contributed by atoms with Crippen molar-refractivity contribution in [1.29, 1.82) is 0 Å². The monoisotopic (exact) mass is 302 g/mol. The third-order valence-corrected chi connectivity index (χ3v) is 4.78. The van der Waals surface area contributed by atoms with Crippen LogP contribution in [0.5, 0.6) is 0 Å². The van der Waals surface area contributed by atoms with Gasteiger partial charge in [-0.25, -0.2) is 0 Å². The molecule has 0 radical (unpaired) electrons. The van der Waals surface area contributed by atoms with Crippen molar-refractivity contribution in [2.45, 2.75) is 19.4 Å². The van der Waals surface area contributed by atoms with Crippen LogP contribution in [0.15, 0.2) is 15.2 Å². The molecule has 1 aliphatic heterocycles. The van der Waals surface area contributed by atoms with Gasteiger partial charge in [0.05, 0.1) is 3.79 Å². The Labute approximate surface area is 110 Å². The molecule has 0 aromatic carbocycles. The number of hydrogen-bond donors (Lipinski definition) is 1. The third kappa shape index (κ3) is 3.55. The summed E-state index contributed by atoms with van der Waals surface area (Å²) in [5.41, 5.74) is 1.45. The van der Waals surface area contributed by atoms with Crippen LogP contribution in [-0.4, -0.2) is 31.6 Å². The van der Waals surface area contributed by atoms with E-state index in [0.717, 1.165) is 12.5 Å². The molecule has 1 aromatic rings. The Kier molecular flexibility index (Phi) is 4.82. The van der Waals surface area contributed by atoms with Crippen LogP contribution in [0, 0.1) is 5.92 Å². The highest BCUT2D eigenvalue weighted by Gasteiger charge is 2.18. The van der Waals surface area contributed by atoms with Crippen molar-refractivity contribution in [3.63, 3.8) is 0 Å². The molecule has 0 unspecified atom stereocenters. The standard InChI is InChI=1S/C12H19BrN2S/c1-14-7-10-2-4-15(5-3-10)8-11-6-12(13)16-9-11/h6,9-10,14H,2-5,7-8H2,1H3. The second-order valence-electron chi connectivity index (χ2n) is 4.54. The van der Waals surface area contributed by atoms with E-state index in [2.05, 4.69) is 44.6 Å². The maximum Gasteiger partial charge on any atom is 0.0701 e. The van der Waals surface area contributed by atoms with E-state index in [1.54, 1.807) is 11.3 Å². The minimum Gasteiger partial charge on any atom is -0.319 e. The molecule has 0 bridgehead atoms. The van der Waals surface area contributed by atoms with Gasteiger partial charge in [-0.3, -0.25) is 4.90 Å². The van der Waals surface area contributed by atoms with Crippen LogP contribution in [0.25, 0.3) is 0 Å². The Morgan fingerprint density at radius 3 is 2.81 bits per heavy atom. The van der Waals surface area contributed by atoms with Gasteiger partial charge in [-0.05, 0) is 78.4 Å². The van der Waals surface area contributed by atoms with Crippen LogP contribution in [0.2, 0.25) is 0 Å². The van der Waals surface area contributed by atoms with Crippen molar-refractivity contribution < 1.29 is 0 Å². The van der Waals surface area contributed by atoms with E-state index >= 15 is 0 Å². The molecule has 1 aliphatic rings. The van der Waals surface area contributed by atoms with Crippen LogP contribution in [0.3, 0.4) is 0 Å². The third-order valence-electron chi connectivity index (χ3n) is 3.23. The lowest BCUT2D eigenvalue weighted by atomic mass is 9.97. The van der Waals surface area contributed by atoms with E-state index in [1.807, 2.05) is 0 Å². The summed E-state index contributed by atoms with van der Waals surface area (Å²) < 4.78 is 1.24. The van der Waals surface area contributed by atoms with E-state index in [0.29, 0.717) is 0 Å². The van der Waals surface area contributed by atoms with E-state index in [4.69, 9.17) is 0 Å². The Bertz CT molecular complexity index is 319. The maximum absolute atomic E-state index is 3.52. The zero-order valence-electron chi connectivity index (χ0n) is 9.71. The second-order valence-corrected chi connectivity index (χ2v) is 6.83. The number of nitrogens with one attached hydrogen (secondary N) is 1. The van der Waals surface area contributed by atoms with E-state index in [9.17, 15) is 0 Å². The molecule has 1 fully saturated rings. The minimum absolute atomic E-state index is 0.885. The fourth-order valence-electron chi connectivity index (χ4n) is 2.32. The number of likely N-dealkylation sites (tertiary alicyclic amines) is 1. The Morgan fingerprint density at radius 1 is 1.50 bits per heavy atom. The van der Waals surface area contributed by atoms with Crippen molar-refractivity contribution in [1.82, 2.24) is 10.2 Å².